The average Bonchev–Trinajstić information content (AvgIpc) is 3.15. The van der Waals surface area contributed by atoms with E-state index in [4.69, 9.17) is 24.1 Å². The largest absolute Gasteiger partial charge is 1.00 e. The van der Waals surface area contributed by atoms with Crippen LogP contribution in [0.1, 0.15) is 194 Å². The third-order valence-electron chi connectivity index (χ3n) is 10.3. The molecule has 1 unspecified atom stereocenters. The van der Waals surface area contributed by atoms with Crippen LogP contribution in [-0.4, -0.2) is 95.7 Å². The van der Waals surface area contributed by atoms with Gasteiger partial charge in [-0.2, -0.15) is 0 Å². The van der Waals surface area contributed by atoms with Crippen molar-refractivity contribution in [3.05, 3.63) is 24.3 Å². The van der Waals surface area contributed by atoms with Gasteiger partial charge in [-0.15, -0.1) is 0 Å². The van der Waals surface area contributed by atoms with E-state index in [9.17, 15) is 0 Å². The fraction of sp³-hybridized carbons (Fsp3) is 0.915. The molecule has 0 aromatic rings. The van der Waals surface area contributed by atoms with Crippen molar-refractivity contribution in [2.45, 2.75) is 200 Å². The molecule has 1 N–H and O–H groups in total. The number of hydrogen-bond donors (Lipinski definition) is 1. The maximum Gasteiger partial charge on any atom is 0.130 e. The summed E-state index contributed by atoms with van der Waals surface area (Å²) in [5.41, 5.74) is 0. The summed E-state index contributed by atoms with van der Waals surface area (Å²) in [4.78, 5) is 0. The molecule has 0 aromatic carbocycles. The Morgan fingerprint density at radius 2 is 0.833 bits per heavy atom. The van der Waals surface area contributed by atoms with Gasteiger partial charge in [0.1, 0.15) is 19.2 Å². The predicted molar refractivity (Wildman–Crippen MR) is 230 cm³/mol. The van der Waals surface area contributed by atoms with Crippen LogP contribution in [0.4, 0.5) is 0 Å². The van der Waals surface area contributed by atoms with Crippen molar-refractivity contribution >= 4 is 0 Å². The molecule has 0 aliphatic carbocycles. The van der Waals surface area contributed by atoms with Gasteiger partial charge in [0.2, 0.25) is 0 Å². The molecular formula is C47H94BrNO5. The summed E-state index contributed by atoms with van der Waals surface area (Å²) in [6.07, 6.45) is 46.9. The van der Waals surface area contributed by atoms with E-state index in [2.05, 4.69) is 52.2 Å². The maximum absolute atomic E-state index is 8.86. The number of ether oxygens (including phenoxy) is 4. The van der Waals surface area contributed by atoms with Crippen LogP contribution in [0.2, 0.25) is 0 Å². The quantitative estimate of drug-likeness (QED) is 0.0377. The standard InChI is InChI=1S/C47H94NO5.BrH/c1-5-7-9-11-13-15-17-19-21-23-25-27-29-31-33-35-39-52-46-47(45-48(3,4)37-41-50-43-44-51-42-38-49)53-40-36-34-32-30-28-26-24-22-20-18-16-14-12-10-8-6-2;/h19-22,47,49H,5-18,23-46H2,1-4H3;1H/q+1;/p-1. The van der Waals surface area contributed by atoms with Crippen LogP contribution in [-0.2, 0) is 18.9 Å². The Kier molecular flexibility index (Phi) is 48.7. The Balaban J connectivity index is 0. The average molecular weight is 833 g/mol. The van der Waals surface area contributed by atoms with E-state index in [-0.39, 0.29) is 29.7 Å². The van der Waals surface area contributed by atoms with Gasteiger partial charge in [-0.3, -0.25) is 0 Å². The number of rotatable bonds is 45. The molecule has 0 aliphatic rings. The van der Waals surface area contributed by atoms with Gasteiger partial charge in [-0.1, -0.05) is 154 Å². The van der Waals surface area contributed by atoms with Crippen LogP contribution >= 0.6 is 0 Å². The lowest BCUT2D eigenvalue weighted by molar-refractivity contribution is -0.894. The van der Waals surface area contributed by atoms with Gasteiger partial charge < -0.3 is 45.5 Å². The zero-order valence-electron chi connectivity index (χ0n) is 36.7. The minimum Gasteiger partial charge on any atom is -1.00 e. The third kappa shape index (κ3) is 46.1. The highest BCUT2D eigenvalue weighted by Crippen LogP contribution is 2.13. The molecule has 0 saturated carbocycles. The van der Waals surface area contributed by atoms with Crippen molar-refractivity contribution in [3.63, 3.8) is 0 Å². The Morgan fingerprint density at radius 1 is 0.444 bits per heavy atom. The molecule has 6 nitrogen and oxygen atoms in total. The summed E-state index contributed by atoms with van der Waals surface area (Å²) < 4.78 is 24.6. The zero-order chi connectivity index (χ0) is 38.6. The normalized spacial score (nSPS) is 12.7. The molecule has 0 aliphatic heterocycles. The fourth-order valence-corrected chi connectivity index (χ4v) is 6.76. The first-order valence-electron chi connectivity index (χ1n) is 23.1. The highest BCUT2D eigenvalue weighted by molar-refractivity contribution is 4.82. The van der Waals surface area contributed by atoms with Gasteiger partial charge >= 0.3 is 0 Å². The highest BCUT2D eigenvalue weighted by Gasteiger charge is 2.23. The van der Waals surface area contributed by atoms with E-state index < -0.39 is 0 Å². The molecule has 0 saturated heterocycles. The number of nitrogens with zero attached hydrogens (tertiary/aromatic N) is 1. The van der Waals surface area contributed by atoms with Crippen LogP contribution in [0.25, 0.3) is 0 Å². The number of unbranched alkanes of at least 4 members (excludes halogenated alkanes) is 24. The van der Waals surface area contributed by atoms with Crippen molar-refractivity contribution < 1.29 is 45.5 Å². The van der Waals surface area contributed by atoms with Gasteiger partial charge in [-0.25, -0.2) is 0 Å². The molecule has 7 heteroatoms. The predicted octanol–water partition coefficient (Wildman–Crippen LogP) is 9.57. The maximum atomic E-state index is 8.86. The summed E-state index contributed by atoms with van der Waals surface area (Å²) in [5.74, 6) is 0. The molecule has 324 valence electrons. The Hall–Kier alpha value is -0.280. The van der Waals surface area contributed by atoms with E-state index in [0.717, 1.165) is 43.6 Å². The summed E-state index contributed by atoms with van der Waals surface area (Å²) >= 11 is 0. The Morgan fingerprint density at radius 3 is 1.28 bits per heavy atom. The lowest BCUT2D eigenvalue weighted by Gasteiger charge is -2.33. The van der Waals surface area contributed by atoms with Crippen LogP contribution in [0.15, 0.2) is 24.3 Å². The first-order chi connectivity index (χ1) is 26.1. The van der Waals surface area contributed by atoms with Crippen LogP contribution < -0.4 is 17.0 Å². The third-order valence-corrected chi connectivity index (χ3v) is 10.3. The summed E-state index contributed by atoms with van der Waals surface area (Å²) in [5, 5.41) is 8.86. The molecule has 0 spiro atoms. The second-order valence-corrected chi connectivity index (χ2v) is 16.2. The smallest absolute Gasteiger partial charge is 0.130 e. The lowest BCUT2D eigenvalue weighted by atomic mass is 10.1. The first-order valence-corrected chi connectivity index (χ1v) is 23.1. The number of hydrogen-bond acceptors (Lipinski definition) is 5. The molecule has 1 atom stereocenters. The topological polar surface area (TPSA) is 57.2 Å². The van der Waals surface area contributed by atoms with Crippen molar-refractivity contribution in [1.82, 2.24) is 0 Å². The number of likely N-dealkylation sites (N-methyl/N-ethyl adjacent to an activating group) is 1. The van der Waals surface area contributed by atoms with Crippen molar-refractivity contribution in [3.8, 4) is 0 Å². The second kappa shape index (κ2) is 47.1. The number of aliphatic hydroxyl groups excluding tert-OH is 1. The van der Waals surface area contributed by atoms with Crippen molar-refractivity contribution in [1.29, 1.82) is 0 Å². The van der Waals surface area contributed by atoms with Gasteiger partial charge in [0.15, 0.2) is 0 Å². The number of quaternary nitrogens is 1. The molecule has 0 bridgehead atoms. The molecule has 0 rings (SSSR count). The molecule has 0 radical (unpaired) electrons. The Bertz CT molecular complexity index is 750. The van der Waals surface area contributed by atoms with Crippen LogP contribution in [0.5, 0.6) is 0 Å². The van der Waals surface area contributed by atoms with Gasteiger partial charge in [0.05, 0.1) is 53.7 Å². The van der Waals surface area contributed by atoms with E-state index in [1.54, 1.807) is 0 Å². The molecule has 0 fully saturated rings. The van der Waals surface area contributed by atoms with Crippen LogP contribution in [0, 0.1) is 0 Å². The van der Waals surface area contributed by atoms with Gasteiger partial charge in [0, 0.05) is 13.2 Å². The minimum absolute atomic E-state index is 0. The molecule has 0 heterocycles. The molecule has 0 amide bonds. The summed E-state index contributed by atoms with van der Waals surface area (Å²) in [7, 11) is 4.52. The molecule has 54 heavy (non-hydrogen) atoms. The monoisotopic (exact) mass is 832 g/mol. The van der Waals surface area contributed by atoms with Gasteiger partial charge in [-0.05, 0) is 64.2 Å². The highest BCUT2D eigenvalue weighted by atomic mass is 79.9. The number of halogens is 1. The van der Waals surface area contributed by atoms with E-state index in [1.807, 2.05) is 0 Å². The Labute approximate surface area is 348 Å². The molecule has 0 aromatic heterocycles. The number of allylic oxidation sites excluding steroid dienone is 4. The van der Waals surface area contributed by atoms with Crippen LogP contribution in [0.3, 0.4) is 0 Å². The summed E-state index contributed by atoms with van der Waals surface area (Å²) in [6, 6.07) is 0. The van der Waals surface area contributed by atoms with E-state index >= 15 is 0 Å². The first kappa shape index (κ1) is 55.8. The number of aliphatic hydroxyl groups is 1. The van der Waals surface area contributed by atoms with E-state index in [0.29, 0.717) is 33.0 Å². The molecular weight excluding hydrogens is 738 g/mol. The lowest BCUT2D eigenvalue weighted by Crippen LogP contribution is -3.00. The zero-order valence-corrected chi connectivity index (χ0v) is 38.2. The van der Waals surface area contributed by atoms with Crippen molar-refractivity contribution in [2.24, 2.45) is 0 Å². The van der Waals surface area contributed by atoms with Crippen molar-refractivity contribution in [2.75, 3.05) is 80.0 Å². The van der Waals surface area contributed by atoms with E-state index in [1.165, 1.54) is 167 Å². The van der Waals surface area contributed by atoms with Gasteiger partial charge in [0.25, 0.3) is 0 Å². The fourth-order valence-electron chi connectivity index (χ4n) is 6.76. The second-order valence-electron chi connectivity index (χ2n) is 16.2. The minimum atomic E-state index is 0. The summed E-state index contributed by atoms with van der Waals surface area (Å²) in [6.45, 7) is 11.0. The SMILES string of the molecule is CCCCCCCCC=CCCCCCCCCOCC(C[N+](C)(C)CCOCCOCCO)OCCCCCCCCC=CCCCCCCCC.[Br-].